The number of aromatic amines is 1. The van der Waals surface area contributed by atoms with Crippen LogP contribution in [0.3, 0.4) is 0 Å². The number of hydrogen-bond donors (Lipinski definition) is 1. The summed E-state index contributed by atoms with van der Waals surface area (Å²) in [6.07, 6.45) is 1.84. The zero-order valence-corrected chi connectivity index (χ0v) is 13.0. The molecular weight excluding hydrogens is 300 g/mol. The quantitative estimate of drug-likeness (QED) is 0.568. The Balaban J connectivity index is 2.01. The highest BCUT2D eigenvalue weighted by Gasteiger charge is 2.11. The molecule has 0 aliphatic rings. The van der Waals surface area contributed by atoms with Crippen molar-refractivity contribution in [2.75, 3.05) is 0 Å². The van der Waals surface area contributed by atoms with Crippen molar-refractivity contribution in [1.29, 1.82) is 0 Å². The minimum atomic E-state index is 0.686. The lowest BCUT2D eigenvalue weighted by atomic mass is 10.2. The number of fused-ring (bicyclic) bond motifs is 3. The highest BCUT2D eigenvalue weighted by Crippen LogP contribution is 2.24. The Bertz CT molecular complexity index is 1010. The summed E-state index contributed by atoms with van der Waals surface area (Å²) in [4.78, 5) is 12.2. The molecule has 4 aromatic rings. The van der Waals surface area contributed by atoms with Crippen LogP contribution in [-0.2, 0) is 6.54 Å². The summed E-state index contributed by atoms with van der Waals surface area (Å²) in [7, 11) is 0. The first-order valence-corrected chi connectivity index (χ1v) is 7.88. The Morgan fingerprint density at radius 3 is 3.00 bits per heavy atom. The smallest absolute Gasteiger partial charge is 0.178 e. The molecule has 0 radical (unpaired) electrons. The number of imidazole rings is 1. The van der Waals surface area contributed by atoms with E-state index in [4.69, 9.17) is 12.2 Å². The first-order chi connectivity index (χ1) is 10.2. The van der Waals surface area contributed by atoms with Crippen molar-refractivity contribution in [3.05, 3.63) is 51.3 Å². The van der Waals surface area contributed by atoms with Gasteiger partial charge in [-0.05, 0) is 25.2 Å². The lowest BCUT2D eigenvalue weighted by Crippen LogP contribution is -2.00. The van der Waals surface area contributed by atoms with Crippen molar-refractivity contribution in [2.24, 2.45) is 0 Å². The molecule has 0 spiro atoms. The summed E-state index contributed by atoms with van der Waals surface area (Å²) in [5.74, 6) is 0. The van der Waals surface area contributed by atoms with E-state index in [1.165, 1.54) is 0 Å². The molecule has 0 unspecified atom stereocenters. The second-order valence-corrected chi connectivity index (χ2v) is 6.27. The fraction of sp³-hybridized carbons (Fsp3) is 0.133. The van der Waals surface area contributed by atoms with Gasteiger partial charge in [-0.15, -0.1) is 11.3 Å². The van der Waals surface area contributed by atoms with Crippen LogP contribution in [0.2, 0.25) is 0 Å². The molecule has 1 N–H and O–H groups in total. The molecule has 3 aromatic heterocycles. The molecule has 0 bridgehead atoms. The molecule has 0 fully saturated rings. The molecule has 104 valence electrons. The fourth-order valence-electron chi connectivity index (χ4n) is 2.55. The summed E-state index contributed by atoms with van der Waals surface area (Å²) >= 11 is 7.14. The van der Waals surface area contributed by atoms with E-state index in [1.807, 2.05) is 31.3 Å². The van der Waals surface area contributed by atoms with Crippen LogP contribution in [-0.4, -0.2) is 19.5 Å². The monoisotopic (exact) mass is 312 g/mol. The van der Waals surface area contributed by atoms with Crippen molar-refractivity contribution in [2.45, 2.75) is 13.5 Å². The number of para-hydroxylation sites is 1. The van der Waals surface area contributed by atoms with Crippen molar-refractivity contribution < 1.29 is 0 Å². The first kappa shape index (κ1) is 12.7. The van der Waals surface area contributed by atoms with Gasteiger partial charge in [0.15, 0.2) is 4.77 Å². The Labute approximate surface area is 130 Å². The minimum Gasteiger partial charge on any atom is -0.329 e. The van der Waals surface area contributed by atoms with Crippen LogP contribution in [0.25, 0.3) is 21.9 Å². The third kappa shape index (κ3) is 2.07. The van der Waals surface area contributed by atoms with E-state index < -0.39 is 0 Å². The SMILES string of the molecule is Cc1csc(Cn2c(=S)[nH]c3cnc4ccccc4c32)n1. The van der Waals surface area contributed by atoms with Gasteiger partial charge in [0.1, 0.15) is 5.01 Å². The van der Waals surface area contributed by atoms with E-state index in [1.54, 1.807) is 11.3 Å². The van der Waals surface area contributed by atoms with E-state index in [9.17, 15) is 0 Å². The third-order valence-corrected chi connectivity index (χ3v) is 4.74. The van der Waals surface area contributed by atoms with Crippen LogP contribution in [0.1, 0.15) is 10.7 Å². The average molecular weight is 312 g/mol. The predicted octanol–water partition coefficient (Wildman–Crippen LogP) is 4.06. The van der Waals surface area contributed by atoms with Gasteiger partial charge in [-0.25, -0.2) is 4.98 Å². The maximum atomic E-state index is 5.48. The Hall–Kier alpha value is -2.05. The normalized spacial score (nSPS) is 11.5. The van der Waals surface area contributed by atoms with Gasteiger partial charge in [0.25, 0.3) is 0 Å². The molecule has 0 aliphatic heterocycles. The van der Waals surface area contributed by atoms with Gasteiger partial charge < -0.3 is 9.55 Å². The number of benzene rings is 1. The molecule has 0 saturated heterocycles. The largest absolute Gasteiger partial charge is 0.329 e. The number of thiazole rings is 1. The van der Waals surface area contributed by atoms with Crippen LogP contribution in [0.4, 0.5) is 0 Å². The van der Waals surface area contributed by atoms with Crippen LogP contribution in [0.15, 0.2) is 35.8 Å². The second kappa shape index (κ2) is 4.75. The molecule has 3 heterocycles. The summed E-state index contributed by atoms with van der Waals surface area (Å²) in [5, 5.41) is 4.23. The molecule has 21 heavy (non-hydrogen) atoms. The van der Waals surface area contributed by atoms with Gasteiger partial charge in [0.2, 0.25) is 0 Å². The highest BCUT2D eigenvalue weighted by molar-refractivity contribution is 7.71. The lowest BCUT2D eigenvalue weighted by Gasteiger charge is -2.04. The van der Waals surface area contributed by atoms with Gasteiger partial charge in [-0.1, -0.05) is 18.2 Å². The van der Waals surface area contributed by atoms with Gasteiger partial charge in [0.05, 0.1) is 29.3 Å². The summed E-state index contributed by atoms with van der Waals surface area (Å²) in [6.45, 7) is 2.69. The van der Waals surface area contributed by atoms with Gasteiger partial charge >= 0.3 is 0 Å². The van der Waals surface area contributed by atoms with Crippen molar-refractivity contribution >= 4 is 45.5 Å². The summed E-state index contributed by atoms with van der Waals surface area (Å²) in [5.41, 5.74) is 4.08. The molecule has 0 amide bonds. The van der Waals surface area contributed by atoms with Gasteiger partial charge in [0, 0.05) is 16.5 Å². The molecule has 0 saturated carbocycles. The van der Waals surface area contributed by atoms with E-state index in [0.29, 0.717) is 11.3 Å². The average Bonchev–Trinajstić information content (AvgIpc) is 3.03. The fourth-order valence-corrected chi connectivity index (χ4v) is 3.58. The number of aryl methyl sites for hydroxylation is 1. The molecule has 0 atom stereocenters. The van der Waals surface area contributed by atoms with E-state index in [-0.39, 0.29) is 0 Å². The van der Waals surface area contributed by atoms with Crippen LogP contribution in [0.5, 0.6) is 0 Å². The molecule has 4 rings (SSSR count). The number of pyridine rings is 1. The molecule has 0 aliphatic carbocycles. The standard InChI is InChI=1S/C15H12N4S2/c1-9-8-21-13(17-9)7-19-14-10-4-2-3-5-11(10)16-6-12(14)18-15(19)20/h2-6,8H,7H2,1H3,(H,18,20). The van der Waals surface area contributed by atoms with Crippen molar-refractivity contribution in [3.8, 4) is 0 Å². The number of nitrogens with zero attached hydrogens (tertiary/aromatic N) is 3. The number of aromatic nitrogens is 4. The third-order valence-electron chi connectivity index (χ3n) is 3.46. The number of hydrogen-bond acceptors (Lipinski definition) is 4. The van der Waals surface area contributed by atoms with Crippen molar-refractivity contribution in [3.63, 3.8) is 0 Å². The molecule has 4 nitrogen and oxygen atoms in total. The topological polar surface area (TPSA) is 46.5 Å². The van der Waals surface area contributed by atoms with Gasteiger partial charge in [-0.2, -0.15) is 0 Å². The highest BCUT2D eigenvalue weighted by atomic mass is 32.1. The lowest BCUT2D eigenvalue weighted by molar-refractivity contribution is 0.802. The molecular formula is C15H12N4S2. The van der Waals surface area contributed by atoms with Crippen LogP contribution >= 0.6 is 23.6 Å². The first-order valence-electron chi connectivity index (χ1n) is 6.59. The molecule has 6 heteroatoms. The van der Waals surface area contributed by atoms with Crippen molar-refractivity contribution in [1.82, 2.24) is 19.5 Å². The Morgan fingerprint density at radius 1 is 1.33 bits per heavy atom. The predicted molar refractivity (Wildman–Crippen MR) is 88.4 cm³/mol. The maximum Gasteiger partial charge on any atom is 0.178 e. The Kier molecular flexibility index (Phi) is 2.87. The minimum absolute atomic E-state index is 0.686. The van der Waals surface area contributed by atoms with Crippen LogP contribution < -0.4 is 0 Å². The maximum absolute atomic E-state index is 5.48. The zero-order chi connectivity index (χ0) is 14.4. The Morgan fingerprint density at radius 2 is 2.19 bits per heavy atom. The molecule has 1 aromatic carbocycles. The number of nitrogens with one attached hydrogen (secondary N) is 1. The van der Waals surface area contributed by atoms with E-state index >= 15 is 0 Å². The van der Waals surface area contributed by atoms with E-state index in [0.717, 1.165) is 32.6 Å². The van der Waals surface area contributed by atoms with Gasteiger partial charge in [-0.3, -0.25) is 4.98 Å². The van der Waals surface area contributed by atoms with Crippen LogP contribution in [0, 0.1) is 11.7 Å². The zero-order valence-electron chi connectivity index (χ0n) is 11.3. The van der Waals surface area contributed by atoms with E-state index in [2.05, 4.69) is 31.0 Å². The number of H-pyrrole nitrogens is 1. The summed E-state index contributed by atoms with van der Waals surface area (Å²) in [6, 6.07) is 8.12. The summed E-state index contributed by atoms with van der Waals surface area (Å²) < 4.78 is 2.81. The second-order valence-electron chi connectivity index (χ2n) is 4.94. The number of rotatable bonds is 2.